The highest BCUT2D eigenvalue weighted by Crippen LogP contribution is 2.11. The Kier molecular flexibility index (Phi) is 4.97. The van der Waals surface area contributed by atoms with Crippen LogP contribution in [0.4, 0.5) is 0 Å². The Morgan fingerprint density at radius 2 is 1.93 bits per heavy atom. The van der Waals surface area contributed by atoms with Gasteiger partial charge in [0.25, 0.3) is 0 Å². The van der Waals surface area contributed by atoms with Crippen molar-refractivity contribution in [1.82, 2.24) is 0 Å². The summed E-state index contributed by atoms with van der Waals surface area (Å²) in [5, 5.41) is 0. The van der Waals surface area contributed by atoms with Crippen molar-refractivity contribution < 1.29 is 13.6 Å². The molecular weight excluding hydrogens is 208 g/mol. The van der Waals surface area contributed by atoms with E-state index in [-0.39, 0.29) is 0 Å². The molecule has 1 N–H and O–H groups in total. The fourth-order valence-corrected chi connectivity index (χ4v) is 2.94. The van der Waals surface area contributed by atoms with Crippen LogP contribution in [-0.2, 0) is 14.9 Å². The summed E-state index contributed by atoms with van der Waals surface area (Å²) in [6.07, 6.45) is 0.882. The minimum absolute atomic E-state index is 0.477. The first kappa shape index (κ1) is 12.4. The van der Waals surface area contributed by atoms with Crippen LogP contribution in [0.3, 0.4) is 0 Å². The van der Waals surface area contributed by atoms with Gasteiger partial charge in [-0.25, -0.2) is 0 Å². The van der Waals surface area contributed by atoms with Gasteiger partial charge in [-0.1, -0.05) is 37.3 Å². The van der Waals surface area contributed by atoms with Gasteiger partial charge in [-0.3, -0.25) is 0 Å². The Balaban J connectivity index is 2.59. The predicted molar refractivity (Wildman–Crippen MR) is 61.4 cm³/mol. The first-order valence-electron chi connectivity index (χ1n) is 5.15. The molecule has 0 aliphatic rings. The van der Waals surface area contributed by atoms with Gasteiger partial charge in [-0.2, -0.15) is 0 Å². The minimum Gasteiger partial charge on any atom is -0.390 e. The highest BCUT2D eigenvalue weighted by molar-refractivity contribution is 6.58. The summed E-state index contributed by atoms with van der Waals surface area (Å²) in [6.45, 7) is 2.55. The molecule has 1 aromatic carbocycles. The fraction of sp³-hybridized carbons (Fsp3) is 0.455. The molecule has 1 aromatic rings. The molecule has 4 heteroatoms. The van der Waals surface area contributed by atoms with E-state index in [4.69, 9.17) is 8.85 Å². The van der Waals surface area contributed by atoms with Crippen molar-refractivity contribution in [1.29, 1.82) is 0 Å². The summed E-state index contributed by atoms with van der Waals surface area (Å²) in [5.74, 6) is 0. The van der Waals surface area contributed by atoms with Crippen molar-refractivity contribution in [3.8, 4) is 0 Å². The smallest absolute Gasteiger partial charge is 0.390 e. The van der Waals surface area contributed by atoms with E-state index in [1.54, 1.807) is 0 Å². The van der Waals surface area contributed by atoms with Crippen molar-refractivity contribution >= 4 is 8.80 Å². The Hall–Kier alpha value is -0.683. The second-order valence-electron chi connectivity index (χ2n) is 3.43. The van der Waals surface area contributed by atoms with E-state index in [0.717, 1.165) is 12.0 Å². The van der Waals surface area contributed by atoms with E-state index in [1.165, 1.54) is 7.11 Å². The predicted octanol–water partition coefficient (Wildman–Crippen LogP) is 1.77. The van der Waals surface area contributed by atoms with Gasteiger partial charge in [0.1, 0.15) is 0 Å². The van der Waals surface area contributed by atoms with Crippen molar-refractivity contribution in [2.24, 2.45) is 0 Å². The summed E-state index contributed by atoms with van der Waals surface area (Å²) in [5.41, 5.74) is 1.05. The average Bonchev–Trinajstić information content (AvgIpc) is 2.28. The summed E-state index contributed by atoms with van der Waals surface area (Å²) < 4.78 is 10.5. The highest BCUT2D eigenvalue weighted by Gasteiger charge is 2.35. The third-order valence-electron chi connectivity index (χ3n) is 2.12. The monoisotopic (exact) mass is 226 g/mol. The molecule has 0 saturated heterocycles. The van der Waals surface area contributed by atoms with Crippen molar-refractivity contribution in [2.75, 3.05) is 13.7 Å². The molecule has 0 aromatic heterocycles. The lowest BCUT2D eigenvalue weighted by molar-refractivity contribution is 0.120. The highest BCUT2D eigenvalue weighted by atomic mass is 28.4. The summed E-state index contributed by atoms with van der Waals surface area (Å²) in [4.78, 5) is 10.1. The molecule has 1 atom stereocenters. The van der Waals surface area contributed by atoms with Crippen LogP contribution >= 0.6 is 0 Å². The van der Waals surface area contributed by atoms with Crippen LogP contribution in [0.25, 0.3) is 0 Å². The maximum atomic E-state index is 10.1. The first-order valence-corrected chi connectivity index (χ1v) is 7.12. The van der Waals surface area contributed by atoms with E-state index in [2.05, 4.69) is 0 Å². The van der Waals surface area contributed by atoms with Crippen LogP contribution in [0.15, 0.2) is 30.3 Å². The zero-order valence-corrected chi connectivity index (χ0v) is 10.3. The van der Waals surface area contributed by atoms with Gasteiger partial charge < -0.3 is 13.6 Å². The van der Waals surface area contributed by atoms with E-state index in [9.17, 15) is 4.80 Å². The molecule has 0 heterocycles. The summed E-state index contributed by atoms with van der Waals surface area (Å²) in [7, 11) is -1.48. The molecule has 0 bridgehead atoms. The maximum absolute atomic E-state index is 10.1. The topological polar surface area (TPSA) is 38.7 Å². The van der Waals surface area contributed by atoms with Crippen molar-refractivity contribution in [2.45, 2.75) is 19.4 Å². The molecule has 0 aliphatic heterocycles. The summed E-state index contributed by atoms with van der Waals surface area (Å²) >= 11 is 0. The Bertz CT molecular complexity index is 278. The van der Waals surface area contributed by atoms with E-state index >= 15 is 0 Å². The molecule has 84 valence electrons. The molecule has 15 heavy (non-hydrogen) atoms. The Labute approximate surface area is 92.0 Å². The molecule has 0 spiro atoms. The quantitative estimate of drug-likeness (QED) is 0.751. The van der Waals surface area contributed by atoms with Gasteiger partial charge in [-0.15, -0.1) is 0 Å². The fourth-order valence-electron chi connectivity index (χ4n) is 1.30. The third-order valence-corrected chi connectivity index (χ3v) is 4.27. The van der Waals surface area contributed by atoms with Crippen LogP contribution in [0, 0.1) is 0 Å². The Morgan fingerprint density at radius 3 is 2.47 bits per heavy atom. The van der Waals surface area contributed by atoms with Crippen LogP contribution in [0.2, 0.25) is 0 Å². The molecule has 0 amide bonds. The van der Waals surface area contributed by atoms with Gasteiger partial charge in [0, 0.05) is 19.8 Å². The largest absolute Gasteiger partial charge is 0.502 e. The molecule has 0 fully saturated rings. The van der Waals surface area contributed by atoms with E-state index < -0.39 is 8.80 Å². The molecule has 0 aliphatic carbocycles. The number of hydrogen-bond donors (Lipinski definition) is 1. The lowest BCUT2D eigenvalue weighted by atomic mass is 10.2. The van der Waals surface area contributed by atoms with Crippen molar-refractivity contribution in [3.63, 3.8) is 0 Å². The normalized spacial score (nSPS) is 14.9. The minimum atomic E-state index is -2.99. The summed E-state index contributed by atoms with van der Waals surface area (Å²) in [6, 6.07) is 10.2. The zero-order valence-electron chi connectivity index (χ0n) is 9.27. The molecule has 1 rings (SSSR count). The number of rotatable bonds is 6. The second kappa shape index (κ2) is 6.02. The van der Waals surface area contributed by atoms with E-state index in [1.807, 2.05) is 37.3 Å². The first-order chi connectivity index (χ1) is 7.20. The number of benzene rings is 1. The molecule has 0 saturated carbocycles. The van der Waals surface area contributed by atoms with Gasteiger partial charge in [0.2, 0.25) is 0 Å². The maximum Gasteiger partial charge on any atom is 0.502 e. The van der Waals surface area contributed by atoms with Crippen LogP contribution < -0.4 is 0 Å². The van der Waals surface area contributed by atoms with Crippen molar-refractivity contribution in [3.05, 3.63) is 35.9 Å². The average molecular weight is 226 g/mol. The number of hydrogen-bond acceptors (Lipinski definition) is 3. The van der Waals surface area contributed by atoms with Gasteiger partial charge in [-0.05, 0) is 12.0 Å². The van der Waals surface area contributed by atoms with Crippen LogP contribution in [-0.4, -0.2) is 27.3 Å². The third kappa shape index (κ3) is 4.13. The SMILES string of the molecule is CCCO[Si](O)(Cc1ccccc1)OC. The van der Waals surface area contributed by atoms with E-state index in [0.29, 0.717) is 12.7 Å². The van der Waals surface area contributed by atoms with Crippen LogP contribution in [0.1, 0.15) is 18.9 Å². The zero-order chi connectivity index (χ0) is 11.1. The molecule has 3 nitrogen and oxygen atoms in total. The Morgan fingerprint density at radius 1 is 1.27 bits per heavy atom. The van der Waals surface area contributed by atoms with Gasteiger partial charge in [0.15, 0.2) is 0 Å². The molecule has 0 radical (unpaired) electrons. The van der Waals surface area contributed by atoms with Gasteiger partial charge in [0.05, 0.1) is 0 Å². The van der Waals surface area contributed by atoms with Gasteiger partial charge >= 0.3 is 8.80 Å². The molecular formula is C11H18O3Si. The second-order valence-corrected chi connectivity index (χ2v) is 5.90. The van der Waals surface area contributed by atoms with Crippen LogP contribution in [0.5, 0.6) is 0 Å². The molecule has 1 unspecified atom stereocenters. The lowest BCUT2D eigenvalue weighted by Gasteiger charge is -2.21. The lowest BCUT2D eigenvalue weighted by Crippen LogP contribution is -2.44. The standard InChI is InChI=1S/C11H18O3Si/c1-3-9-14-15(12,13-2)10-11-7-5-4-6-8-11/h4-8,12H,3,9-10H2,1-2H3.